The fourth-order valence-corrected chi connectivity index (χ4v) is 4.09. The quantitative estimate of drug-likeness (QED) is 0.744. The molecule has 0 aromatic heterocycles. The van der Waals surface area contributed by atoms with Crippen LogP contribution in [0.15, 0.2) is 18.2 Å². The summed E-state index contributed by atoms with van der Waals surface area (Å²) in [6.45, 7) is 0.403. The van der Waals surface area contributed by atoms with Gasteiger partial charge >= 0.3 is 5.97 Å². The van der Waals surface area contributed by atoms with E-state index in [1.165, 1.54) is 18.6 Å². The van der Waals surface area contributed by atoms with Crippen LogP contribution >= 0.6 is 0 Å². The van der Waals surface area contributed by atoms with Crippen molar-refractivity contribution in [2.75, 3.05) is 13.7 Å². The fourth-order valence-electron chi connectivity index (χ4n) is 4.09. The Balaban J connectivity index is 1.46. The third-order valence-corrected chi connectivity index (χ3v) is 6.26. The Morgan fingerprint density at radius 2 is 1.89 bits per heavy atom. The molecule has 1 atom stereocenters. The van der Waals surface area contributed by atoms with Crippen LogP contribution in [0.1, 0.15) is 55.3 Å². The predicted molar refractivity (Wildman–Crippen MR) is 103 cm³/mol. The van der Waals surface area contributed by atoms with E-state index in [-0.39, 0.29) is 23.1 Å². The first-order valence-corrected chi connectivity index (χ1v) is 10.0. The lowest BCUT2D eigenvalue weighted by Crippen LogP contribution is -2.52. The van der Waals surface area contributed by atoms with E-state index in [1.807, 2.05) is 11.9 Å². The van der Waals surface area contributed by atoms with Gasteiger partial charge in [0.05, 0.1) is 18.2 Å². The van der Waals surface area contributed by atoms with Crippen molar-refractivity contribution in [1.82, 2.24) is 4.90 Å². The molecular formula is C21H29FN2O4. The molecule has 2 aliphatic rings. The number of carboxylic acids is 1. The highest BCUT2D eigenvalue weighted by atomic mass is 19.1. The SMILES string of the molecule is CN(C(=O)[C@@H](N)C1CCC(COc2cc(F)cc(C(=O)O)c2)CC1)C1CCC1. The normalized spacial score (nSPS) is 23.5. The molecule has 0 saturated heterocycles. The van der Waals surface area contributed by atoms with Crippen LogP contribution in [-0.2, 0) is 4.79 Å². The Bertz CT molecular complexity index is 714. The largest absolute Gasteiger partial charge is 0.493 e. The molecule has 1 amide bonds. The number of amides is 1. The molecule has 0 heterocycles. The van der Waals surface area contributed by atoms with Crippen molar-refractivity contribution in [1.29, 1.82) is 0 Å². The lowest BCUT2D eigenvalue weighted by molar-refractivity contribution is -0.136. The molecule has 0 bridgehead atoms. The first kappa shape index (κ1) is 20.6. The van der Waals surface area contributed by atoms with Crippen molar-refractivity contribution in [3.05, 3.63) is 29.6 Å². The highest BCUT2D eigenvalue weighted by Gasteiger charge is 2.34. The second-order valence-electron chi connectivity index (χ2n) is 8.13. The average Bonchev–Trinajstić information content (AvgIpc) is 2.63. The number of nitrogens with zero attached hydrogens (tertiary/aromatic N) is 1. The Labute approximate surface area is 164 Å². The maximum atomic E-state index is 13.5. The van der Waals surface area contributed by atoms with E-state index >= 15 is 0 Å². The number of nitrogens with two attached hydrogens (primary N) is 1. The summed E-state index contributed by atoms with van der Waals surface area (Å²) in [5.41, 5.74) is 6.14. The lowest BCUT2D eigenvalue weighted by Gasteiger charge is -2.38. The minimum atomic E-state index is -1.18. The van der Waals surface area contributed by atoms with Crippen LogP contribution in [0.25, 0.3) is 0 Å². The second-order valence-corrected chi connectivity index (χ2v) is 8.13. The van der Waals surface area contributed by atoms with E-state index in [4.69, 9.17) is 15.6 Å². The zero-order valence-corrected chi connectivity index (χ0v) is 16.3. The number of carboxylic acid groups (broad SMARTS) is 1. The van der Waals surface area contributed by atoms with E-state index in [9.17, 15) is 14.0 Å². The van der Waals surface area contributed by atoms with Gasteiger partial charge in [0.1, 0.15) is 11.6 Å². The van der Waals surface area contributed by atoms with Gasteiger partial charge in [-0.2, -0.15) is 0 Å². The van der Waals surface area contributed by atoms with Crippen LogP contribution in [0, 0.1) is 17.7 Å². The maximum absolute atomic E-state index is 13.5. The molecule has 1 aromatic carbocycles. The van der Waals surface area contributed by atoms with Gasteiger partial charge in [0.25, 0.3) is 0 Å². The summed E-state index contributed by atoms with van der Waals surface area (Å²) in [5.74, 6) is -1.06. The van der Waals surface area contributed by atoms with E-state index in [0.717, 1.165) is 44.6 Å². The summed E-state index contributed by atoms with van der Waals surface area (Å²) in [4.78, 5) is 25.4. The summed E-state index contributed by atoms with van der Waals surface area (Å²) < 4.78 is 19.2. The van der Waals surface area contributed by atoms with Crippen molar-refractivity contribution in [3.8, 4) is 5.75 Å². The zero-order valence-electron chi connectivity index (χ0n) is 16.3. The van der Waals surface area contributed by atoms with Crippen LogP contribution in [0.2, 0.25) is 0 Å². The van der Waals surface area contributed by atoms with Gasteiger partial charge in [0.2, 0.25) is 5.91 Å². The molecule has 3 N–H and O–H groups in total. The van der Waals surface area contributed by atoms with Gasteiger partial charge in [0, 0.05) is 19.2 Å². The number of hydrogen-bond acceptors (Lipinski definition) is 4. The lowest BCUT2D eigenvalue weighted by atomic mass is 9.78. The van der Waals surface area contributed by atoms with Crippen LogP contribution in [0.5, 0.6) is 5.75 Å². The number of halogens is 1. The van der Waals surface area contributed by atoms with Crippen molar-refractivity contribution in [2.45, 2.75) is 57.0 Å². The van der Waals surface area contributed by atoms with Crippen molar-refractivity contribution in [3.63, 3.8) is 0 Å². The average molecular weight is 392 g/mol. The molecule has 0 unspecified atom stereocenters. The number of likely N-dealkylation sites (N-methyl/N-ethyl adjacent to an activating group) is 1. The molecule has 2 saturated carbocycles. The monoisotopic (exact) mass is 392 g/mol. The molecule has 2 aliphatic carbocycles. The van der Waals surface area contributed by atoms with Crippen LogP contribution in [0.3, 0.4) is 0 Å². The van der Waals surface area contributed by atoms with E-state index in [0.29, 0.717) is 18.6 Å². The van der Waals surface area contributed by atoms with Gasteiger partial charge in [-0.25, -0.2) is 9.18 Å². The minimum Gasteiger partial charge on any atom is -0.493 e. The van der Waals surface area contributed by atoms with E-state index in [1.54, 1.807) is 0 Å². The highest BCUT2D eigenvalue weighted by Crippen LogP contribution is 2.32. The molecule has 6 nitrogen and oxygen atoms in total. The number of aromatic carboxylic acids is 1. The highest BCUT2D eigenvalue weighted by molar-refractivity contribution is 5.88. The summed E-state index contributed by atoms with van der Waals surface area (Å²) in [6.07, 6.45) is 6.83. The van der Waals surface area contributed by atoms with Gasteiger partial charge in [-0.3, -0.25) is 4.79 Å². The van der Waals surface area contributed by atoms with Gasteiger partial charge in [-0.05, 0) is 68.9 Å². The number of rotatable bonds is 7. The standard InChI is InChI=1S/C21H29FN2O4/c1-24(17-3-2-4-17)20(25)19(23)14-7-5-13(6-8-14)12-28-18-10-15(21(26)27)9-16(22)11-18/h9-11,13-14,17,19H,2-8,12,23H2,1H3,(H,26,27)/t13?,14?,19-/m0/s1. The summed E-state index contributed by atoms with van der Waals surface area (Å²) >= 11 is 0. The molecule has 7 heteroatoms. The smallest absolute Gasteiger partial charge is 0.335 e. The Morgan fingerprint density at radius 3 is 2.46 bits per heavy atom. The zero-order chi connectivity index (χ0) is 20.3. The molecule has 28 heavy (non-hydrogen) atoms. The van der Waals surface area contributed by atoms with Crippen LogP contribution in [0.4, 0.5) is 4.39 Å². The molecule has 154 valence electrons. The number of hydrogen-bond donors (Lipinski definition) is 2. The maximum Gasteiger partial charge on any atom is 0.335 e. The second kappa shape index (κ2) is 8.90. The minimum absolute atomic E-state index is 0.0466. The molecule has 0 aliphatic heterocycles. The van der Waals surface area contributed by atoms with Crippen LogP contribution in [-0.4, -0.2) is 47.6 Å². The van der Waals surface area contributed by atoms with Gasteiger partial charge in [-0.1, -0.05) is 0 Å². The molecule has 2 fully saturated rings. The van der Waals surface area contributed by atoms with Gasteiger partial charge in [-0.15, -0.1) is 0 Å². The first-order chi connectivity index (χ1) is 13.3. The molecule has 0 radical (unpaired) electrons. The third-order valence-electron chi connectivity index (χ3n) is 6.26. The topological polar surface area (TPSA) is 92.9 Å². The van der Waals surface area contributed by atoms with E-state index in [2.05, 4.69) is 0 Å². The van der Waals surface area contributed by atoms with Gasteiger partial charge in [0.15, 0.2) is 0 Å². The molecular weight excluding hydrogens is 363 g/mol. The summed E-state index contributed by atoms with van der Waals surface area (Å²) in [5, 5.41) is 9.00. The number of carbonyl (C=O) groups is 2. The van der Waals surface area contributed by atoms with Gasteiger partial charge < -0.3 is 20.5 Å². The summed E-state index contributed by atoms with van der Waals surface area (Å²) in [7, 11) is 1.86. The molecule has 1 aromatic rings. The Morgan fingerprint density at radius 1 is 1.21 bits per heavy atom. The van der Waals surface area contributed by atoms with Crippen molar-refractivity contribution >= 4 is 11.9 Å². The number of ether oxygens (including phenoxy) is 1. The third kappa shape index (κ3) is 4.82. The molecule has 3 rings (SSSR count). The van der Waals surface area contributed by atoms with Crippen molar-refractivity contribution in [2.24, 2.45) is 17.6 Å². The molecule has 0 spiro atoms. The number of benzene rings is 1. The summed E-state index contributed by atoms with van der Waals surface area (Å²) in [6, 6.07) is 3.41. The van der Waals surface area contributed by atoms with Crippen LogP contribution < -0.4 is 10.5 Å². The first-order valence-electron chi connectivity index (χ1n) is 10.0. The number of carbonyl (C=O) groups excluding carboxylic acids is 1. The Hall–Kier alpha value is -2.15. The van der Waals surface area contributed by atoms with E-state index < -0.39 is 17.8 Å². The fraction of sp³-hybridized carbons (Fsp3) is 0.619. The predicted octanol–water partition coefficient (Wildman–Crippen LogP) is 3.05. The van der Waals surface area contributed by atoms with Crippen molar-refractivity contribution < 1.29 is 23.8 Å². The Kier molecular flexibility index (Phi) is 6.54.